The molecule has 15 heavy (non-hydrogen) atoms. The number of carbonyl (C=O) groups excluding carboxylic acids is 1. The van der Waals surface area contributed by atoms with Crippen LogP contribution < -0.4 is 10.5 Å². The Morgan fingerprint density at radius 3 is 2.33 bits per heavy atom. The number of carbonyl (C=O) groups is 1. The molecular weight excluding hydrogens is 326 g/mol. The van der Waals surface area contributed by atoms with E-state index in [-0.39, 0.29) is 0 Å². The van der Waals surface area contributed by atoms with Crippen molar-refractivity contribution >= 4 is 43.8 Å². The molecule has 1 amide bonds. The normalized spacial score (nSPS) is 10.6. The van der Waals surface area contributed by atoms with Gasteiger partial charge >= 0.3 is 0 Å². The molecule has 0 spiro atoms. The molecule has 5 heteroatoms. The van der Waals surface area contributed by atoms with Crippen LogP contribution in [-0.4, -0.2) is 13.0 Å². The van der Waals surface area contributed by atoms with Gasteiger partial charge in [0.25, 0.3) is 0 Å². The third kappa shape index (κ3) is 3.35. The van der Waals surface area contributed by atoms with E-state index in [1.54, 1.807) is 13.2 Å². The first kappa shape index (κ1) is 12.3. The lowest BCUT2D eigenvalue weighted by Crippen LogP contribution is -2.05. The lowest BCUT2D eigenvalue weighted by molar-refractivity contribution is -0.113. The Balaban J connectivity index is 3.09. The van der Waals surface area contributed by atoms with Crippen LogP contribution in [0.15, 0.2) is 27.2 Å². The zero-order valence-corrected chi connectivity index (χ0v) is 11.1. The highest BCUT2D eigenvalue weighted by Crippen LogP contribution is 2.34. The van der Waals surface area contributed by atoms with Crippen LogP contribution in [0.3, 0.4) is 0 Å². The van der Waals surface area contributed by atoms with Gasteiger partial charge in [-0.15, -0.1) is 0 Å². The van der Waals surface area contributed by atoms with Gasteiger partial charge in [-0.1, -0.05) is 0 Å². The maximum atomic E-state index is 10.6. The fourth-order valence-corrected chi connectivity index (χ4v) is 2.59. The number of ether oxygens (including phenoxy) is 1. The topological polar surface area (TPSA) is 52.3 Å². The van der Waals surface area contributed by atoms with Crippen molar-refractivity contribution in [2.75, 3.05) is 7.11 Å². The van der Waals surface area contributed by atoms with E-state index >= 15 is 0 Å². The van der Waals surface area contributed by atoms with Crippen molar-refractivity contribution in [1.82, 2.24) is 0 Å². The van der Waals surface area contributed by atoms with E-state index in [9.17, 15) is 4.79 Å². The number of benzene rings is 1. The van der Waals surface area contributed by atoms with Gasteiger partial charge in [0.1, 0.15) is 5.75 Å². The Labute approximate surface area is 105 Å². The maximum absolute atomic E-state index is 10.6. The molecule has 0 saturated heterocycles. The van der Waals surface area contributed by atoms with E-state index < -0.39 is 5.91 Å². The summed E-state index contributed by atoms with van der Waals surface area (Å²) in [6, 6.07) is 3.67. The van der Waals surface area contributed by atoms with Gasteiger partial charge in [0, 0.05) is 6.08 Å². The molecule has 0 aliphatic carbocycles. The van der Waals surface area contributed by atoms with Gasteiger partial charge in [-0.05, 0) is 55.6 Å². The summed E-state index contributed by atoms with van der Waals surface area (Å²) in [5, 5.41) is 0. The van der Waals surface area contributed by atoms with Crippen LogP contribution in [-0.2, 0) is 4.79 Å². The average molecular weight is 335 g/mol. The summed E-state index contributed by atoms with van der Waals surface area (Å²) in [7, 11) is 1.59. The monoisotopic (exact) mass is 333 g/mol. The van der Waals surface area contributed by atoms with Crippen molar-refractivity contribution in [3.63, 3.8) is 0 Å². The molecule has 3 nitrogen and oxygen atoms in total. The third-order valence-electron chi connectivity index (χ3n) is 1.66. The van der Waals surface area contributed by atoms with Gasteiger partial charge < -0.3 is 10.5 Å². The Morgan fingerprint density at radius 2 is 1.93 bits per heavy atom. The minimum atomic E-state index is -0.474. The van der Waals surface area contributed by atoms with Gasteiger partial charge in [0.05, 0.1) is 16.1 Å². The summed E-state index contributed by atoms with van der Waals surface area (Å²) in [4.78, 5) is 10.6. The van der Waals surface area contributed by atoms with Crippen LogP contribution >= 0.6 is 31.9 Å². The molecule has 80 valence electrons. The third-order valence-corrected chi connectivity index (χ3v) is 2.84. The number of rotatable bonds is 3. The molecule has 0 aliphatic rings. The van der Waals surface area contributed by atoms with Crippen LogP contribution in [0.25, 0.3) is 6.08 Å². The summed E-state index contributed by atoms with van der Waals surface area (Å²) in [5.41, 5.74) is 5.85. The lowest BCUT2D eigenvalue weighted by Gasteiger charge is -2.06. The van der Waals surface area contributed by atoms with Gasteiger partial charge in [-0.25, -0.2) is 0 Å². The maximum Gasteiger partial charge on any atom is 0.241 e. The fraction of sp³-hybridized carbons (Fsp3) is 0.100. The van der Waals surface area contributed by atoms with Gasteiger partial charge in [-0.2, -0.15) is 0 Å². The molecule has 0 heterocycles. The molecule has 0 aromatic heterocycles. The van der Waals surface area contributed by atoms with Gasteiger partial charge in [0.2, 0.25) is 5.91 Å². The molecule has 0 saturated carbocycles. The van der Waals surface area contributed by atoms with Crippen LogP contribution in [0.4, 0.5) is 0 Å². The minimum Gasteiger partial charge on any atom is -0.494 e. The Morgan fingerprint density at radius 1 is 1.40 bits per heavy atom. The second kappa shape index (κ2) is 5.32. The molecule has 1 aromatic rings. The number of halogens is 2. The van der Waals surface area contributed by atoms with Crippen molar-refractivity contribution in [1.29, 1.82) is 0 Å². The Bertz CT molecular complexity index is 393. The predicted octanol–water partition coefficient (Wildman–Crippen LogP) is 2.72. The number of amides is 1. The van der Waals surface area contributed by atoms with Crippen LogP contribution in [0, 0.1) is 0 Å². The zero-order chi connectivity index (χ0) is 11.4. The van der Waals surface area contributed by atoms with Crippen LogP contribution in [0.5, 0.6) is 5.75 Å². The Hall–Kier alpha value is -0.810. The molecule has 0 fully saturated rings. The average Bonchev–Trinajstić information content (AvgIpc) is 2.14. The summed E-state index contributed by atoms with van der Waals surface area (Å²) >= 11 is 6.72. The molecule has 0 bridgehead atoms. The van der Waals surface area contributed by atoms with Gasteiger partial charge in [0.15, 0.2) is 0 Å². The molecule has 1 aromatic carbocycles. The molecule has 1 rings (SSSR count). The fourth-order valence-electron chi connectivity index (χ4n) is 1.05. The summed E-state index contributed by atoms with van der Waals surface area (Å²) in [6.07, 6.45) is 2.94. The van der Waals surface area contributed by atoms with Crippen molar-refractivity contribution in [2.24, 2.45) is 5.73 Å². The first-order valence-corrected chi connectivity index (χ1v) is 5.63. The van der Waals surface area contributed by atoms with Gasteiger partial charge in [-0.3, -0.25) is 4.79 Å². The predicted molar refractivity (Wildman–Crippen MR) is 66.6 cm³/mol. The van der Waals surface area contributed by atoms with E-state index in [4.69, 9.17) is 10.5 Å². The van der Waals surface area contributed by atoms with E-state index in [1.165, 1.54) is 6.08 Å². The highest BCUT2D eigenvalue weighted by atomic mass is 79.9. The molecule has 2 N–H and O–H groups in total. The van der Waals surface area contributed by atoms with Crippen molar-refractivity contribution < 1.29 is 9.53 Å². The van der Waals surface area contributed by atoms with Crippen molar-refractivity contribution in [2.45, 2.75) is 0 Å². The molecule has 0 aliphatic heterocycles. The highest BCUT2D eigenvalue weighted by molar-refractivity contribution is 9.11. The molecule has 0 radical (unpaired) electrons. The van der Waals surface area contributed by atoms with Crippen LogP contribution in [0.2, 0.25) is 0 Å². The number of primary amides is 1. The molecule has 0 atom stereocenters. The number of hydrogen-bond acceptors (Lipinski definition) is 2. The summed E-state index contributed by atoms with van der Waals surface area (Å²) < 4.78 is 6.76. The van der Waals surface area contributed by atoms with Crippen molar-refractivity contribution in [3.8, 4) is 5.75 Å². The van der Waals surface area contributed by atoms with E-state index in [0.717, 1.165) is 14.5 Å². The minimum absolute atomic E-state index is 0.474. The first-order valence-electron chi connectivity index (χ1n) is 4.05. The second-order valence-corrected chi connectivity index (χ2v) is 4.46. The van der Waals surface area contributed by atoms with Crippen LogP contribution in [0.1, 0.15) is 5.56 Å². The Kier molecular flexibility index (Phi) is 4.35. The zero-order valence-electron chi connectivity index (χ0n) is 7.96. The molecule has 0 unspecified atom stereocenters. The first-order chi connectivity index (χ1) is 7.04. The second-order valence-electron chi connectivity index (χ2n) is 2.75. The quantitative estimate of drug-likeness (QED) is 0.864. The van der Waals surface area contributed by atoms with E-state index in [2.05, 4.69) is 31.9 Å². The largest absolute Gasteiger partial charge is 0.494 e. The SMILES string of the molecule is COc1c(Br)cc(/C=C/C(N)=O)cc1Br. The number of methoxy groups -OCH3 is 1. The van der Waals surface area contributed by atoms with Crippen molar-refractivity contribution in [3.05, 3.63) is 32.7 Å². The number of hydrogen-bond donors (Lipinski definition) is 1. The number of nitrogens with two attached hydrogens (primary N) is 1. The highest BCUT2D eigenvalue weighted by Gasteiger charge is 2.06. The summed E-state index contributed by atoms with van der Waals surface area (Å²) in [5.74, 6) is 0.240. The smallest absolute Gasteiger partial charge is 0.241 e. The molecular formula is C10H9Br2NO2. The summed E-state index contributed by atoms with van der Waals surface area (Å²) in [6.45, 7) is 0. The van der Waals surface area contributed by atoms with E-state index in [1.807, 2.05) is 12.1 Å². The lowest BCUT2D eigenvalue weighted by atomic mass is 10.2. The van der Waals surface area contributed by atoms with E-state index in [0.29, 0.717) is 5.75 Å². The standard InChI is InChI=1S/C10H9Br2NO2/c1-15-10-7(11)4-6(5-8(10)12)2-3-9(13)14/h2-5H,1H3,(H2,13,14)/b3-2+.